The molecule has 0 fully saturated rings. The topological polar surface area (TPSA) is 279 Å². The first-order valence-corrected chi connectivity index (χ1v) is 27.1. The first-order chi connectivity index (χ1) is 36.2. The van der Waals surface area contributed by atoms with Crippen LogP contribution in [0.3, 0.4) is 0 Å². The summed E-state index contributed by atoms with van der Waals surface area (Å²) in [6, 6.07) is 34.2. The number of nitrogens with two attached hydrogens (primary N) is 1. The number of hydrogen-bond donors (Lipinski definition) is 4. The summed E-state index contributed by atoms with van der Waals surface area (Å²) in [7, 11) is -3.25. The maximum absolute atomic E-state index is 12.9. The fraction of sp³-hybridized carbons (Fsp3) is 0.232. The van der Waals surface area contributed by atoms with Crippen molar-refractivity contribution in [1.82, 2.24) is 30.2 Å². The Hall–Kier alpha value is -7.88. The van der Waals surface area contributed by atoms with Gasteiger partial charge in [0, 0.05) is 68.0 Å². The molecular weight excluding hydrogens is 1050 g/mol. The van der Waals surface area contributed by atoms with Crippen LogP contribution in [0.1, 0.15) is 86.1 Å². The molecule has 4 heterocycles. The number of carboxylic acid groups (broad SMARTS) is 2. The predicted molar refractivity (Wildman–Crippen MR) is 294 cm³/mol. The van der Waals surface area contributed by atoms with E-state index in [2.05, 4.69) is 32.2 Å². The zero-order valence-electron chi connectivity index (χ0n) is 43.4. The molecule has 5 N–H and O–H groups in total. The second-order valence-corrected chi connectivity index (χ2v) is 21.4. The number of hydrogen-bond acceptors (Lipinski definition) is 15. The van der Waals surface area contributed by atoms with E-state index in [4.69, 9.17) is 29.6 Å². The van der Waals surface area contributed by atoms with Gasteiger partial charge in [-0.25, -0.2) is 31.6 Å². The fourth-order valence-electron chi connectivity index (χ4n) is 7.04. The summed E-state index contributed by atoms with van der Waals surface area (Å²) in [6.07, 6.45) is 8.80. The lowest BCUT2D eigenvalue weighted by Crippen LogP contribution is -2.22. The number of amides is 1. The number of benzene rings is 4. The van der Waals surface area contributed by atoms with E-state index in [9.17, 15) is 26.4 Å². The number of aromatic carboxylic acids is 1. The van der Waals surface area contributed by atoms with E-state index in [1.165, 1.54) is 12.1 Å². The highest BCUT2D eigenvalue weighted by Gasteiger charge is 2.23. The Balaban J connectivity index is 0.000000273. The van der Waals surface area contributed by atoms with Crippen molar-refractivity contribution >= 4 is 49.9 Å². The molecule has 0 radical (unpaired) electrons. The number of carbonyl (C=O) groups is 3. The number of sulfone groups is 2. The third-order valence-corrected chi connectivity index (χ3v) is 14.2. The lowest BCUT2D eigenvalue weighted by atomic mass is 10.1. The van der Waals surface area contributed by atoms with Gasteiger partial charge in [0.05, 0.1) is 26.7 Å². The van der Waals surface area contributed by atoms with Crippen molar-refractivity contribution in [2.24, 2.45) is 5.73 Å². The van der Waals surface area contributed by atoms with Crippen molar-refractivity contribution < 1.29 is 50.3 Å². The fourth-order valence-corrected chi connectivity index (χ4v) is 9.73. The van der Waals surface area contributed by atoms with Crippen LogP contribution in [-0.2, 0) is 62.0 Å². The van der Waals surface area contributed by atoms with Gasteiger partial charge < -0.3 is 35.0 Å². The van der Waals surface area contributed by atoms with Crippen molar-refractivity contribution in [3.63, 3.8) is 0 Å². The van der Waals surface area contributed by atoms with Crippen LogP contribution >= 0.6 is 12.4 Å². The van der Waals surface area contributed by atoms with Crippen LogP contribution in [0.15, 0.2) is 165 Å². The minimum atomic E-state index is -3.58. The molecule has 0 atom stereocenters. The summed E-state index contributed by atoms with van der Waals surface area (Å²) in [5, 5.41) is 19.3. The summed E-state index contributed by atoms with van der Waals surface area (Å²) in [5.74, 6) is -1.16. The number of aromatic nitrogens is 4. The average molecular weight is 1110 g/mol. The van der Waals surface area contributed by atoms with Gasteiger partial charge in [0.15, 0.2) is 19.7 Å². The molecule has 18 nitrogen and oxygen atoms in total. The van der Waals surface area contributed by atoms with Gasteiger partial charge in [0.1, 0.15) is 23.0 Å². The number of halogens is 1. The van der Waals surface area contributed by atoms with Gasteiger partial charge in [-0.15, -0.1) is 12.4 Å². The van der Waals surface area contributed by atoms with Crippen molar-refractivity contribution in [3.05, 3.63) is 202 Å². The molecule has 0 bridgehead atoms. The second kappa shape index (κ2) is 29.4. The van der Waals surface area contributed by atoms with E-state index >= 15 is 0 Å². The van der Waals surface area contributed by atoms with Crippen LogP contribution in [0.2, 0.25) is 0 Å². The predicted octanol–water partition coefficient (Wildman–Crippen LogP) is 9.34. The first kappa shape index (κ1) is 61.7. The minimum absolute atomic E-state index is 0. The molecule has 0 spiro atoms. The van der Waals surface area contributed by atoms with Crippen molar-refractivity contribution in [1.29, 1.82) is 0 Å². The summed E-state index contributed by atoms with van der Waals surface area (Å²) < 4.78 is 62.8. The number of nitrogens with zero attached hydrogens (tertiary/aromatic N) is 5. The van der Waals surface area contributed by atoms with Gasteiger partial charge in [-0.3, -0.25) is 19.6 Å². The lowest BCUT2D eigenvalue weighted by molar-refractivity contribution is -0.134. The third-order valence-electron chi connectivity index (χ3n) is 10.9. The van der Waals surface area contributed by atoms with Crippen LogP contribution in [0.4, 0.5) is 0 Å². The number of nitrogens with one attached hydrogen (secondary N) is 1. The smallest absolute Gasteiger partial charge is 0.335 e. The molecule has 0 aliphatic rings. The van der Waals surface area contributed by atoms with Gasteiger partial charge in [-0.1, -0.05) is 49.7 Å². The highest BCUT2D eigenvalue weighted by atomic mass is 35.5. The Morgan fingerprint density at radius 1 is 0.623 bits per heavy atom. The van der Waals surface area contributed by atoms with Gasteiger partial charge in [-0.05, 0) is 142 Å². The van der Waals surface area contributed by atoms with Crippen LogP contribution in [0.5, 0.6) is 0 Å². The monoisotopic (exact) mass is 1110 g/mol. The molecule has 0 saturated heterocycles. The number of oxazole rings is 2. The quantitative estimate of drug-likeness (QED) is 0.0660. The molecule has 1 amide bonds. The van der Waals surface area contributed by atoms with E-state index in [0.717, 1.165) is 48.6 Å². The third kappa shape index (κ3) is 19.3. The van der Waals surface area contributed by atoms with Crippen molar-refractivity contribution in [3.8, 4) is 22.9 Å². The Morgan fingerprint density at radius 2 is 1.05 bits per heavy atom. The summed E-state index contributed by atoms with van der Waals surface area (Å²) in [5.41, 5.74) is 12.0. The largest absolute Gasteiger partial charge is 0.481 e. The maximum atomic E-state index is 12.9. The summed E-state index contributed by atoms with van der Waals surface area (Å²) in [6.45, 7) is 8.22. The van der Waals surface area contributed by atoms with E-state index in [0.29, 0.717) is 58.6 Å². The number of rotatable bonds is 17. The molecule has 8 rings (SSSR count). The molecule has 0 aliphatic heterocycles. The Kier molecular flexibility index (Phi) is 23.6. The highest BCUT2D eigenvalue weighted by molar-refractivity contribution is 7.91. The molecule has 4 aromatic heterocycles. The van der Waals surface area contributed by atoms with Crippen LogP contribution in [0, 0.1) is 13.8 Å². The molecular formula is C56H62ClN7O11S2. The van der Waals surface area contributed by atoms with E-state index in [1.54, 1.807) is 111 Å². The number of pyridine rings is 2. The zero-order chi connectivity index (χ0) is 55.4. The number of aryl methyl sites for hydroxylation is 3. The molecule has 77 heavy (non-hydrogen) atoms. The van der Waals surface area contributed by atoms with Crippen LogP contribution < -0.4 is 11.1 Å². The normalized spacial score (nSPS) is 10.9. The van der Waals surface area contributed by atoms with Crippen molar-refractivity contribution in [2.45, 2.75) is 81.5 Å². The van der Waals surface area contributed by atoms with Crippen LogP contribution in [-0.4, -0.2) is 83.8 Å². The van der Waals surface area contributed by atoms with E-state index in [-0.39, 0.29) is 51.1 Å². The van der Waals surface area contributed by atoms with Crippen molar-refractivity contribution in [2.75, 3.05) is 14.1 Å². The molecule has 0 aliphatic carbocycles. The standard InChI is InChI=1S/C27H27N3O4S.C21H22N2O5S.C6H8N2.C2H4O2.ClH/c1-3-5-20-7-13-24(14-8-20)35(32,33)18-25-19(2)34-27(30-25)23-11-9-22(10-12-23)26(31)29-17-21-6-4-15-28-16-21;1-14-19(22-20(28-14)16-6-8-17(9-7-16)21(24)25)13-29(26,27)18-10-4-15(5-11-18)12-23(2)3;7-4-6-2-1-3-8-5-6;1-2(3)4;/h4,6-16H,3,5,17-18H2,1-2H3,(H,29,31);4-11H,12-13H2,1-3H3,(H,24,25);1-3,5H,4,7H2;1H3,(H,3,4);1H. The molecule has 0 saturated carbocycles. The van der Waals surface area contributed by atoms with E-state index < -0.39 is 31.6 Å². The molecule has 4 aromatic carbocycles. The molecule has 8 aromatic rings. The lowest BCUT2D eigenvalue weighted by Gasteiger charge is -2.10. The second-order valence-electron chi connectivity index (χ2n) is 17.4. The number of carboxylic acids is 2. The average Bonchev–Trinajstić information content (AvgIpc) is 3.95. The van der Waals surface area contributed by atoms with Gasteiger partial charge >= 0.3 is 5.97 Å². The molecule has 0 unspecified atom stereocenters. The van der Waals surface area contributed by atoms with Crippen LogP contribution in [0.25, 0.3) is 22.9 Å². The molecule has 21 heteroatoms. The number of carbonyl (C=O) groups excluding carboxylic acids is 1. The molecule has 406 valence electrons. The van der Waals surface area contributed by atoms with Gasteiger partial charge in [0.2, 0.25) is 11.8 Å². The highest BCUT2D eigenvalue weighted by Crippen LogP contribution is 2.27. The summed E-state index contributed by atoms with van der Waals surface area (Å²) in [4.78, 5) is 51.6. The maximum Gasteiger partial charge on any atom is 0.335 e. The first-order valence-electron chi connectivity index (χ1n) is 23.8. The Bertz CT molecular complexity index is 3370. The minimum Gasteiger partial charge on any atom is -0.481 e. The Labute approximate surface area is 454 Å². The SMILES string of the molecule is CC(=O)O.CCCc1ccc(S(=O)(=O)Cc2nc(-c3ccc(C(=O)NCc4cccnc4)cc3)oc2C)cc1.Cc1oc(-c2ccc(C(=O)O)cc2)nc1CS(=O)(=O)c1ccc(CN(C)C)cc1.Cl.NCc1cccnc1. The van der Waals surface area contributed by atoms with E-state index in [1.807, 2.05) is 55.4 Å². The number of aliphatic carboxylic acids is 1. The van der Waals surface area contributed by atoms with Gasteiger partial charge in [0.25, 0.3) is 11.9 Å². The summed E-state index contributed by atoms with van der Waals surface area (Å²) >= 11 is 0. The van der Waals surface area contributed by atoms with Gasteiger partial charge in [-0.2, -0.15) is 0 Å². The zero-order valence-corrected chi connectivity index (χ0v) is 45.9. The Morgan fingerprint density at radius 3 is 1.43 bits per heavy atom.